The van der Waals surface area contributed by atoms with Crippen LogP contribution in [0.1, 0.15) is 239 Å². The highest BCUT2D eigenvalue weighted by atomic mass is 16.4. The number of aliphatic hydroxyl groups is 1. The molecule has 1 atom stereocenters. The Morgan fingerprint density at radius 2 is 0.614 bits per heavy atom. The molecule has 0 amide bonds. The van der Waals surface area contributed by atoms with Gasteiger partial charge in [0.25, 0.3) is 0 Å². The van der Waals surface area contributed by atoms with Crippen LogP contribution in [0, 0.1) is 0 Å². The average Bonchev–Trinajstić information content (AvgIpc) is 3.01. The Labute approximate surface area is 277 Å². The van der Waals surface area contributed by atoms with Gasteiger partial charge in [-0.25, -0.2) is 0 Å². The monoisotopic (exact) mass is 626 g/mol. The molecule has 0 saturated carbocycles. The number of carbonyl (C=O) groups is 1. The molecule has 1 unspecified atom stereocenters. The maximum Gasteiger partial charge on any atom is 0.0905 e. The van der Waals surface area contributed by atoms with E-state index in [0.29, 0.717) is 6.04 Å². The summed E-state index contributed by atoms with van der Waals surface area (Å²) < 4.78 is 0. The lowest BCUT2D eigenvalue weighted by Crippen LogP contribution is -2.60. The van der Waals surface area contributed by atoms with E-state index in [-0.39, 0.29) is 0 Å². The van der Waals surface area contributed by atoms with Crippen molar-refractivity contribution in [2.24, 2.45) is 0 Å². The predicted octanol–water partition coefficient (Wildman–Crippen LogP) is 11.0. The Kier molecular flexibility index (Phi) is 41.8. The highest BCUT2D eigenvalue weighted by Crippen LogP contribution is 2.16. The van der Waals surface area contributed by atoms with E-state index >= 15 is 0 Å². The second-order valence-corrected chi connectivity index (χ2v) is 14.0. The molecule has 0 aliphatic carbocycles. The van der Waals surface area contributed by atoms with Crippen molar-refractivity contribution in [2.45, 2.75) is 251 Å². The summed E-state index contributed by atoms with van der Waals surface area (Å²) in [6.45, 7) is 5.75. The van der Waals surface area contributed by atoms with Gasteiger partial charge in [0, 0.05) is 0 Å². The van der Waals surface area contributed by atoms with Crippen molar-refractivity contribution in [1.82, 2.24) is 0 Å². The van der Waals surface area contributed by atoms with E-state index < -0.39 is 12.1 Å². The molecular weight excluding hydrogens is 542 g/mol. The minimum Gasteiger partial charge on any atom is -0.547 e. The fourth-order valence-electron chi connectivity index (χ4n) is 6.11. The zero-order chi connectivity index (χ0) is 32.8. The van der Waals surface area contributed by atoms with Gasteiger partial charge in [0.1, 0.15) is 0 Å². The first-order valence-electron chi connectivity index (χ1n) is 20.2. The molecule has 0 aromatic carbocycles. The van der Waals surface area contributed by atoms with Crippen LogP contribution in [-0.4, -0.2) is 23.2 Å². The number of rotatable bonds is 35. The van der Waals surface area contributed by atoms with E-state index in [1.807, 2.05) is 0 Å². The molecule has 0 spiro atoms. The topological polar surface area (TPSA) is 88.0 Å². The summed E-state index contributed by atoms with van der Waals surface area (Å²) in [5, 5.41) is 17.3. The third kappa shape index (κ3) is 43.5. The van der Waals surface area contributed by atoms with Gasteiger partial charge in [0.05, 0.1) is 18.1 Å². The second kappa shape index (κ2) is 40.4. The van der Waals surface area contributed by atoms with Gasteiger partial charge in [-0.1, -0.05) is 206 Å². The lowest BCUT2D eigenvalue weighted by Gasteiger charge is -2.09. The molecule has 4 nitrogen and oxygen atoms in total. The molecule has 4 heteroatoms. The van der Waals surface area contributed by atoms with E-state index in [4.69, 9.17) is 5.11 Å². The second-order valence-electron chi connectivity index (χ2n) is 14.0. The Balaban J connectivity index is 0. The third-order valence-corrected chi connectivity index (χ3v) is 9.27. The van der Waals surface area contributed by atoms with Crippen LogP contribution >= 0.6 is 0 Å². The Bertz CT molecular complexity index is 489. The molecule has 0 bridgehead atoms. The first-order valence-corrected chi connectivity index (χ1v) is 20.2. The number of aliphatic carboxylic acids is 1. The summed E-state index contributed by atoms with van der Waals surface area (Å²) in [5.74, 6) is -1.44. The molecule has 4 N–H and O–H groups in total. The number of hydrogen-bond donors (Lipinski definition) is 2. The fraction of sp³-hybridized carbons (Fsp3) is 0.975. The lowest BCUT2D eigenvalue weighted by molar-refractivity contribution is -0.423. The summed E-state index contributed by atoms with van der Waals surface area (Å²) in [7, 11) is 0. The maximum absolute atomic E-state index is 9.34. The molecule has 266 valence electrons. The van der Waals surface area contributed by atoms with E-state index in [1.54, 1.807) is 0 Å². The first kappa shape index (κ1) is 45.5. The SMILES string of the molecule is CC(O)C(=O)[O-].CCCCCCCCCCCCCCCCCCC([NH3+])CCCCCCCCCCCCCCCCCC. The first-order chi connectivity index (χ1) is 21.5. The summed E-state index contributed by atoms with van der Waals surface area (Å²) in [4.78, 5) is 9.34. The standard InChI is InChI=1S/C37H77N.C3H6O3/c1-3-5-7-9-11-13-15-17-19-21-23-25-27-29-31-33-35-37(38)36-34-32-30-28-26-24-22-20-18-16-14-12-10-8-6-4-2;1-2(4)3(5)6/h37H,3-36,38H2,1-2H3;2,4H,1H3,(H,5,6). The van der Waals surface area contributed by atoms with Crippen molar-refractivity contribution in [3.05, 3.63) is 0 Å². The Morgan fingerprint density at radius 1 is 0.455 bits per heavy atom. The summed E-state index contributed by atoms with van der Waals surface area (Å²) in [6.07, 6.45) is 48.2. The molecular formula is C40H83NO3. The van der Waals surface area contributed by atoms with E-state index in [0.717, 1.165) is 6.92 Å². The van der Waals surface area contributed by atoms with Crippen LogP contribution < -0.4 is 10.8 Å². The van der Waals surface area contributed by atoms with Gasteiger partial charge in [-0.05, 0) is 32.6 Å². The predicted molar refractivity (Wildman–Crippen MR) is 192 cm³/mol. The van der Waals surface area contributed by atoms with Crippen molar-refractivity contribution in [3.63, 3.8) is 0 Å². The molecule has 0 radical (unpaired) electrons. The van der Waals surface area contributed by atoms with Gasteiger partial charge in [-0.15, -0.1) is 0 Å². The molecule has 0 saturated heterocycles. The zero-order valence-electron chi connectivity index (χ0n) is 30.7. The van der Waals surface area contributed by atoms with Crippen molar-refractivity contribution < 1.29 is 20.7 Å². The van der Waals surface area contributed by atoms with Gasteiger partial charge in [0.2, 0.25) is 0 Å². The number of carboxylic acid groups (broad SMARTS) is 1. The zero-order valence-corrected chi connectivity index (χ0v) is 30.7. The van der Waals surface area contributed by atoms with Gasteiger partial charge < -0.3 is 20.7 Å². The molecule has 44 heavy (non-hydrogen) atoms. The molecule has 0 aromatic rings. The Morgan fingerprint density at radius 3 is 0.773 bits per heavy atom. The van der Waals surface area contributed by atoms with Crippen molar-refractivity contribution in [2.75, 3.05) is 0 Å². The minimum absolute atomic E-state index is 0.716. The van der Waals surface area contributed by atoms with Crippen LogP contribution in [0.3, 0.4) is 0 Å². The van der Waals surface area contributed by atoms with Crippen LogP contribution in [-0.2, 0) is 4.79 Å². The van der Waals surface area contributed by atoms with Crippen LogP contribution in [0.4, 0.5) is 0 Å². The van der Waals surface area contributed by atoms with Gasteiger partial charge >= 0.3 is 0 Å². The quantitative estimate of drug-likeness (QED) is 0.0687. The van der Waals surface area contributed by atoms with Crippen molar-refractivity contribution in [3.8, 4) is 0 Å². The number of quaternary nitrogens is 1. The summed E-state index contributed by atoms with van der Waals surface area (Å²) >= 11 is 0. The number of carboxylic acids is 1. The van der Waals surface area contributed by atoms with Crippen molar-refractivity contribution in [1.29, 1.82) is 0 Å². The number of carbonyl (C=O) groups excluding carboxylic acids is 1. The van der Waals surface area contributed by atoms with Crippen LogP contribution in [0.25, 0.3) is 0 Å². The highest BCUT2D eigenvalue weighted by molar-refractivity contribution is 5.68. The maximum atomic E-state index is 9.34. The molecule has 0 aliphatic heterocycles. The largest absolute Gasteiger partial charge is 0.547 e. The Hall–Kier alpha value is -0.610. The van der Waals surface area contributed by atoms with Gasteiger partial charge in [0.15, 0.2) is 0 Å². The molecule has 0 rings (SSSR count). The number of aliphatic hydroxyl groups excluding tert-OH is 1. The van der Waals surface area contributed by atoms with E-state index in [1.165, 1.54) is 218 Å². The van der Waals surface area contributed by atoms with Crippen LogP contribution in [0.15, 0.2) is 0 Å². The van der Waals surface area contributed by atoms with Gasteiger partial charge in [-0.2, -0.15) is 0 Å². The summed E-state index contributed by atoms with van der Waals surface area (Å²) in [6, 6.07) is 0.716. The van der Waals surface area contributed by atoms with E-state index in [9.17, 15) is 9.90 Å². The molecule has 0 aliphatic rings. The molecule has 0 aromatic heterocycles. The third-order valence-electron chi connectivity index (χ3n) is 9.27. The summed E-state index contributed by atoms with van der Waals surface area (Å²) in [5.41, 5.74) is 4.45. The van der Waals surface area contributed by atoms with Gasteiger partial charge in [-0.3, -0.25) is 0 Å². The van der Waals surface area contributed by atoms with Crippen molar-refractivity contribution >= 4 is 5.97 Å². The molecule has 0 heterocycles. The number of unbranched alkanes of at least 4 members (excludes halogenated alkanes) is 30. The van der Waals surface area contributed by atoms with Crippen LogP contribution in [0.2, 0.25) is 0 Å². The van der Waals surface area contributed by atoms with Crippen LogP contribution in [0.5, 0.6) is 0 Å². The molecule has 0 fully saturated rings. The normalized spacial score (nSPS) is 12.0. The van der Waals surface area contributed by atoms with E-state index in [2.05, 4.69) is 19.6 Å². The highest BCUT2D eigenvalue weighted by Gasteiger charge is 2.05. The smallest absolute Gasteiger partial charge is 0.0905 e. The lowest BCUT2D eigenvalue weighted by atomic mass is 10.00. The fourth-order valence-corrected chi connectivity index (χ4v) is 6.11. The average molecular weight is 626 g/mol. The number of hydrogen-bond acceptors (Lipinski definition) is 3. The minimum atomic E-state index is -1.44.